The fourth-order valence-corrected chi connectivity index (χ4v) is 2.16. The van der Waals surface area contributed by atoms with E-state index in [1.807, 2.05) is 6.92 Å². The van der Waals surface area contributed by atoms with Gasteiger partial charge in [-0.25, -0.2) is 0 Å². The smallest absolute Gasteiger partial charge is 0.254 e. The van der Waals surface area contributed by atoms with Crippen LogP contribution in [0, 0.1) is 0 Å². The molecule has 0 saturated heterocycles. The third kappa shape index (κ3) is 4.17. The number of benzene rings is 1. The maximum absolute atomic E-state index is 12.5. The van der Waals surface area contributed by atoms with E-state index < -0.39 is 0 Å². The van der Waals surface area contributed by atoms with Crippen molar-refractivity contribution >= 4 is 17.5 Å². The molecule has 0 saturated carbocycles. The van der Waals surface area contributed by atoms with Crippen molar-refractivity contribution in [3.05, 3.63) is 17.7 Å². The highest BCUT2D eigenvalue weighted by Gasteiger charge is 2.20. The van der Waals surface area contributed by atoms with Gasteiger partial charge in [-0.15, -0.1) is 11.6 Å². The van der Waals surface area contributed by atoms with Crippen molar-refractivity contribution in [2.45, 2.75) is 13.3 Å². The van der Waals surface area contributed by atoms with Crippen LogP contribution in [0.25, 0.3) is 0 Å². The lowest BCUT2D eigenvalue weighted by atomic mass is 10.1. The molecule has 118 valence electrons. The van der Waals surface area contributed by atoms with E-state index in [1.54, 1.807) is 17.0 Å². The van der Waals surface area contributed by atoms with Crippen molar-refractivity contribution in [3.8, 4) is 17.2 Å². The molecule has 0 fully saturated rings. The van der Waals surface area contributed by atoms with Gasteiger partial charge in [0.25, 0.3) is 5.91 Å². The second kappa shape index (κ2) is 8.62. The van der Waals surface area contributed by atoms with Gasteiger partial charge in [0.05, 0.1) is 21.3 Å². The van der Waals surface area contributed by atoms with Gasteiger partial charge >= 0.3 is 0 Å². The average Bonchev–Trinajstić information content (AvgIpc) is 2.53. The van der Waals surface area contributed by atoms with Crippen LogP contribution in [-0.2, 0) is 0 Å². The number of carbonyl (C=O) groups excluding carboxylic acids is 1. The molecule has 0 atom stereocenters. The summed E-state index contributed by atoms with van der Waals surface area (Å²) >= 11 is 5.69. The summed E-state index contributed by atoms with van der Waals surface area (Å²) in [6.45, 7) is 3.17. The van der Waals surface area contributed by atoms with Crippen molar-refractivity contribution in [2.75, 3.05) is 40.3 Å². The number of amides is 1. The largest absolute Gasteiger partial charge is 0.493 e. The lowest BCUT2D eigenvalue weighted by Gasteiger charge is -2.21. The van der Waals surface area contributed by atoms with Gasteiger partial charge in [-0.1, -0.05) is 0 Å². The molecular formula is C15H22ClNO4. The Morgan fingerprint density at radius 2 is 1.71 bits per heavy atom. The van der Waals surface area contributed by atoms with Gasteiger partial charge in [0.15, 0.2) is 11.5 Å². The first-order valence-electron chi connectivity index (χ1n) is 6.78. The fourth-order valence-electron chi connectivity index (χ4n) is 2.04. The van der Waals surface area contributed by atoms with Crippen LogP contribution >= 0.6 is 11.6 Å². The van der Waals surface area contributed by atoms with Gasteiger partial charge in [-0.2, -0.15) is 0 Å². The number of hydrogen-bond acceptors (Lipinski definition) is 4. The summed E-state index contributed by atoms with van der Waals surface area (Å²) in [5.41, 5.74) is 0.501. The first-order chi connectivity index (χ1) is 10.1. The van der Waals surface area contributed by atoms with Crippen LogP contribution < -0.4 is 14.2 Å². The summed E-state index contributed by atoms with van der Waals surface area (Å²) in [6.07, 6.45) is 0.756. The number of nitrogens with zero attached hydrogens (tertiary/aromatic N) is 1. The summed E-state index contributed by atoms with van der Waals surface area (Å²) in [5.74, 6) is 1.85. The van der Waals surface area contributed by atoms with Crippen LogP contribution in [-0.4, -0.2) is 51.1 Å². The van der Waals surface area contributed by atoms with Gasteiger partial charge < -0.3 is 19.1 Å². The maximum Gasteiger partial charge on any atom is 0.254 e. The van der Waals surface area contributed by atoms with Gasteiger partial charge in [0.2, 0.25) is 5.75 Å². The molecule has 6 heteroatoms. The number of halogens is 1. The molecule has 0 bridgehead atoms. The van der Waals surface area contributed by atoms with Crippen LogP contribution in [0.15, 0.2) is 12.1 Å². The van der Waals surface area contributed by atoms with E-state index in [0.29, 0.717) is 41.8 Å². The average molecular weight is 316 g/mol. The molecule has 0 aliphatic rings. The third-order valence-corrected chi connectivity index (χ3v) is 3.41. The standard InChI is InChI=1S/C15H22ClNO4/c1-5-17(8-6-7-16)15(18)11-9-12(19-2)14(21-4)13(10-11)20-3/h9-10H,5-8H2,1-4H3. The highest BCUT2D eigenvalue weighted by molar-refractivity contribution is 6.17. The molecular weight excluding hydrogens is 294 g/mol. The molecule has 0 unspecified atom stereocenters. The second-order valence-electron chi connectivity index (χ2n) is 4.34. The quantitative estimate of drug-likeness (QED) is 0.692. The van der Waals surface area contributed by atoms with Crippen LogP contribution in [0.4, 0.5) is 0 Å². The molecule has 1 aromatic rings. The molecule has 0 aliphatic carbocycles. The Hall–Kier alpha value is -1.62. The number of methoxy groups -OCH3 is 3. The van der Waals surface area contributed by atoms with Crippen molar-refractivity contribution in [1.29, 1.82) is 0 Å². The lowest BCUT2D eigenvalue weighted by Crippen LogP contribution is -2.32. The van der Waals surface area contributed by atoms with Gasteiger partial charge in [0.1, 0.15) is 0 Å². The number of ether oxygens (including phenoxy) is 3. The molecule has 1 amide bonds. The Morgan fingerprint density at radius 1 is 1.14 bits per heavy atom. The van der Waals surface area contributed by atoms with E-state index in [-0.39, 0.29) is 5.91 Å². The normalized spacial score (nSPS) is 10.1. The van der Waals surface area contributed by atoms with Gasteiger partial charge in [-0.3, -0.25) is 4.79 Å². The highest BCUT2D eigenvalue weighted by atomic mass is 35.5. The minimum atomic E-state index is -0.0816. The van der Waals surface area contributed by atoms with Gasteiger partial charge in [0, 0.05) is 24.5 Å². The zero-order valence-corrected chi connectivity index (χ0v) is 13.7. The van der Waals surface area contributed by atoms with E-state index in [9.17, 15) is 4.79 Å². The predicted molar refractivity (Wildman–Crippen MR) is 83.0 cm³/mol. The van der Waals surface area contributed by atoms with E-state index in [1.165, 1.54) is 21.3 Å². The van der Waals surface area contributed by atoms with Crippen LogP contribution in [0.5, 0.6) is 17.2 Å². The maximum atomic E-state index is 12.5. The fraction of sp³-hybridized carbons (Fsp3) is 0.533. The van der Waals surface area contributed by atoms with Crippen molar-refractivity contribution in [1.82, 2.24) is 4.90 Å². The molecule has 0 radical (unpaired) electrons. The minimum absolute atomic E-state index is 0.0816. The molecule has 0 heterocycles. The van der Waals surface area contributed by atoms with E-state index in [0.717, 1.165) is 6.42 Å². The Balaban J connectivity index is 3.14. The SMILES string of the molecule is CCN(CCCCl)C(=O)c1cc(OC)c(OC)c(OC)c1. The minimum Gasteiger partial charge on any atom is -0.493 e. The van der Waals surface area contributed by atoms with Crippen molar-refractivity contribution < 1.29 is 19.0 Å². The first-order valence-corrected chi connectivity index (χ1v) is 7.31. The summed E-state index contributed by atoms with van der Waals surface area (Å²) in [7, 11) is 4.58. The summed E-state index contributed by atoms with van der Waals surface area (Å²) in [6, 6.07) is 3.32. The highest BCUT2D eigenvalue weighted by Crippen LogP contribution is 2.38. The van der Waals surface area contributed by atoms with E-state index >= 15 is 0 Å². The number of rotatable bonds is 8. The monoisotopic (exact) mass is 315 g/mol. The molecule has 0 spiro atoms. The second-order valence-corrected chi connectivity index (χ2v) is 4.72. The molecule has 0 aromatic heterocycles. The summed E-state index contributed by atoms with van der Waals surface area (Å²) in [5, 5.41) is 0. The van der Waals surface area contributed by atoms with Gasteiger partial charge in [-0.05, 0) is 25.5 Å². The molecule has 1 rings (SSSR count). The number of carbonyl (C=O) groups is 1. The lowest BCUT2D eigenvalue weighted by molar-refractivity contribution is 0.0764. The van der Waals surface area contributed by atoms with Crippen LogP contribution in [0.1, 0.15) is 23.7 Å². The summed E-state index contributed by atoms with van der Waals surface area (Å²) in [4.78, 5) is 14.3. The first kappa shape index (κ1) is 17.4. The Bertz CT molecular complexity index is 454. The Kier molecular flexibility index (Phi) is 7.15. The molecule has 5 nitrogen and oxygen atoms in total. The van der Waals surface area contributed by atoms with E-state index in [4.69, 9.17) is 25.8 Å². The zero-order chi connectivity index (χ0) is 15.8. The molecule has 1 aromatic carbocycles. The number of alkyl halides is 1. The van der Waals surface area contributed by atoms with Crippen molar-refractivity contribution in [2.24, 2.45) is 0 Å². The Morgan fingerprint density at radius 3 is 2.10 bits per heavy atom. The van der Waals surface area contributed by atoms with Crippen LogP contribution in [0.2, 0.25) is 0 Å². The zero-order valence-electron chi connectivity index (χ0n) is 12.9. The van der Waals surface area contributed by atoms with Crippen LogP contribution in [0.3, 0.4) is 0 Å². The van der Waals surface area contributed by atoms with Crippen molar-refractivity contribution in [3.63, 3.8) is 0 Å². The Labute approximate surface area is 130 Å². The molecule has 0 aliphatic heterocycles. The molecule has 21 heavy (non-hydrogen) atoms. The van der Waals surface area contributed by atoms with E-state index in [2.05, 4.69) is 0 Å². The molecule has 0 N–H and O–H groups in total. The third-order valence-electron chi connectivity index (χ3n) is 3.14. The predicted octanol–water partition coefficient (Wildman–Crippen LogP) is 2.80. The summed E-state index contributed by atoms with van der Waals surface area (Å²) < 4.78 is 15.8. The number of hydrogen-bond donors (Lipinski definition) is 0. The topological polar surface area (TPSA) is 48.0 Å².